The molecule has 31 heavy (non-hydrogen) atoms. The highest BCUT2D eigenvalue weighted by molar-refractivity contribution is 7.92. The lowest BCUT2D eigenvalue weighted by Crippen LogP contribution is -2.30. The van der Waals surface area contributed by atoms with E-state index in [4.69, 9.17) is 9.47 Å². The molecule has 0 spiro atoms. The molecule has 7 nitrogen and oxygen atoms in total. The number of carbonyl (C=O) groups is 1. The average Bonchev–Trinajstić information content (AvgIpc) is 2.74. The summed E-state index contributed by atoms with van der Waals surface area (Å²) in [7, 11) is -2.36. The van der Waals surface area contributed by atoms with Crippen LogP contribution in [0, 0.1) is 6.92 Å². The van der Waals surface area contributed by atoms with Crippen LogP contribution in [0.15, 0.2) is 77.7 Å². The van der Waals surface area contributed by atoms with Crippen molar-refractivity contribution >= 4 is 27.3 Å². The predicted octanol–water partition coefficient (Wildman–Crippen LogP) is 4.21. The van der Waals surface area contributed by atoms with Crippen LogP contribution < -0.4 is 19.5 Å². The molecule has 0 unspecified atom stereocenters. The van der Waals surface area contributed by atoms with Gasteiger partial charge in [-0.25, -0.2) is 8.42 Å². The van der Waals surface area contributed by atoms with E-state index in [1.54, 1.807) is 31.2 Å². The van der Waals surface area contributed by atoms with Crippen molar-refractivity contribution in [2.75, 3.05) is 17.1 Å². The van der Waals surface area contributed by atoms with Gasteiger partial charge in [-0.3, -0.25) is 9.52 Å². The summed E-state index contributed by atoms with van der Waals surface area (Å²) in [5, 5.41) is 2.72. The Bertz CT molecular complexity index is 1150. The molecule has 1 atom stereocenters. The van der Waals surface area contributed by atoms with Gasteiger partial charge in [-0.2, -0.15) is 0 Å². The van der Waals surface area contributed by atoms with Crippen molar-refractivity contribution in [3.8, 4) is 11.5 Å². The second-order valence-electron chi connectivity index (χ2n) is 6.90. The monoisotopic (exact) mass is 440 g/mol. The van der Waals surface area contributed by atoms with E-state index in [-0.39, 0.29) is 10.8 Å². The van der Waals surface area contributed by atoms with Crippen LogP contribution in [0.5, 0.6) is 11.5 Å². The Morgan fingerprint density at radius 2 is 1.65 bits per heavy atom. The minimum Gasteiger partial charge on any atom is -0.495 e. The lowest BCUT2D eigenvalue weighted by Gasteiger charge is -2.15. The van der Waals surface area contributed by atoms with Gasteiger partial charge in [-0.05, 0) is 67.9 Å². The van der Waals surface area contributed by atoms with E-state index in [1.807, 2.05) is 31.2 Å². The Hall–Kier alpha value is -3.52. The molecule has 8 heteroatoms. The second-order valence-corrected chi connectivity index (χ2v) is 8.58. The number of benzene rings is 3. The average molecular weight is 441 g/mol. The number of nitrogens with one attached hydrogen (secondary N) is 2. The Kier molecular flexibility index (Phi) is 6.81. The highest BCUT2D eigenvalue weighted by Gasteiger charge is 2.18. The van der Waals surface area contributed by atoms with Crippen molar-refractivity contribution < 1.29 is 22.7 Å². The molecule has 3 aromatic rings. The maximum atomic E-state index is 12.8. The van der Waals surface area contributed by atoms with Crippen LogP contribution >= 0.6 is 0 Å². The standard InChI is InChI=1S/C23H24N2O5S/c1-16-9-14-22(29-3)21(15-16)25-31(27,28)20-12-10-18(11-13-20)24-23(26)17(2)30-19-7-5-4-6-8-19/h4-15,17,25H,1-3H3,(H,24,26)/t17-/m0/s1. The van der Waals surface area contributed by atoms with Gasteiger partial charge in [0.15, 0.2) is 6.10 Å². The molecule has 0 fully saturated rings. The van der Waals surface area contributed by atoms with E-state index in [0.29, 0.717) is 22.9 Å². The zero-order valence-corrected chi connectivity index (χ0v) is 18.3. The van der Waals surface area contributed by atoms with Crippen molar-refractivity contribution in [1.29, 1.82) is 0 Å². The number of rotatable bonds is 8. The summed E-state index contributed by atoms with van der Waals surface area (Å²) in [6, 6.07) is 20.1. The molecule has 2 N–H and O–H groups in total. The third-order valence-corrected chi connectivity index (χ3v) is 5.84. The zero-order chi connectivity index (χ0) is 22.4. The molecule has 0 aliphatic heterocycles. The number of amides is 1. The van der Waals surface area contributed by atoms with E-state index >= 15 is 0 Å². The molecule has 0 aliphatic rings. The van der Waals surface area contributed by atoms with Crippen LogP contribution in [0.4, 0.5) is 11.4 Å². The molecule has 162 valence electrons. The van der Waals surface area contributed by atoms with Crippen molar-refractivity contribution in [2.24, 2.45) is 0 Å². The van der Waals surface area contributed by atoms with E-state index in [0.717, 1.165) is 5.56 Å². The molecular weight excluding hydrogens is 416 g/mol. The molecule has 3 aromatic carbocycles. The predicted molar refractivity (Wildman–Crippen MR) is 120 cm³/mol. The van der Waals surface area contributed by atoms with Gasteiger partial charge in [-0.1, -0.05) is 24.3 Å². The van der Waals surface area contributed by atoms with Crippen LogP contribution in [0.3, 0.4) is 0 Å². The van der Waals surface area contributed by atoms with Gasteiger partial charge in [-0.15, -0.1) is 0 Å². The quantitative estimate of drug-likeness (QED) is 0.547. The number of hydrogen-bond donors (Lipinski definition) is 2. The van der Waals surface area contributed by atoms with Crippen LogP contribution in [-0.4, -0.2) is 27.5 Å². The lowest BCUT2D eigenvalue weighted by molar-refractivity contribution is -0.122. The van der Waals surface area contributed by atoms with Gasteiger partial charge < -0.3 is 14.8 Å². The summed E-state index contributed by atoms with van der Waals surface area (Å²) in [6.45, 7) is 3.50. The number of ether oxygens (including phenoxy) is 2. The van der Waals surface area contributed by atoms with E-state index in [1.165, 1.54) is 31.4 Å². The smallest absolute Gasteiger partial charge is 0.265 e. The molecular formula is C23H24N2O5S. The van der Waals surface area contributed by atoms with Gasteiger partial charge in [0.2, 0.25) is 0 Å². The van der Waals surface area contributed by atoms with Crippen molar-refractivity contribution in [3.63, 3.8) is 0 Å². The summed E-state index contributed by atoms with van der Waals surface area (Å²) in [6.07, 6.45) is -0.721. The highest BCUT2D eigenvalue weighted by atomic mass is 32.2. The van der Waals surface area contributed by atoms with E-state index in [9.17, 15) is 13.2 Å². The SMILES string of the molecule is COc1ccc(C)cc1NS(=O)(=O)c1ccc(NC(=O)[C@H](C)Oc2ccccc2)cc1. The Labute approximate surface area is 182 Å². The number of aryl methyl sites for hydroxylation is 1. The Morgan fingerprint density at radius 3 is 2.29 bits per heavy atom. The summed E-state index contributed by atoms with van der Waals surface area (Å²) in [4.78, 5) is 12.4. The molecule has 0 bridgehead atoms. The molecule has 0 aromatic heterocycles. The first-order valence-corrected chi connectivity index (χ1v) is 11.1. The maximum Gasteiger partial charge on any atom is 0.265 e. The Balaban J connectivity index is 1.68. The fourth-order valence-corrected chi connectivity index (χ4v) is 3.88. The number of hydrogen-bond acceptors (Lipinski definition) is 5. The van der Waals surface area contributed by atoms with Crippen LogP contribution in [0.2, 0.25) is 0 Å². The third-order valence-electron chi connectivity index (χ3n) is 4.46. The minimum atomic E-state index is -3.83. The summed E-state index contributed by atoms with van der Waals surface area (Å²) in [5.74, 6) is 0.664. The number of anilines is 2. The van der Waals surface area contributed by atoms with Crippen molar-refractivity contribution in [2.45, 2.75) is 24.8 Å². The number of sulfonamides is 1. The summed E-state index contributed by atoms with van der Waals surface area (Å²) < 4.78 is 38.9. The first kappa shape index (κ1) is 22.2. The molecule has 1 amide bonds. The summed E-state index contributed by atoms with van der Waals surface area (Å²) >= 11 is 0. The zero-order valence-electron chi connectivity index (χ0n) is 17.5. The first-order chi connectivity index (χ1) is 14.8. The van der Waals surface area contributed by atoms with Gasteiger partial charge in [0.1, 0.15) is 11.5 Å². The second kappa shape index (κ2) is 9.53. The molecule has 0 heterocycles. The first-order valence-electron chi connectivity index (χ1n) is 9.58. The summed E-state index contributed by atoms with van der Waals surface area (Å²) in [5.41, 5.74) is 1.70. The van der Waals surface area contributed by atoms with Crippen molar-refractivity contribution in [1.82, 2.24) is 0 Å². The van der Waals surface area contributed by atoms with Crippen LogP contribution in [0.25, 0.3) is 0 Å². The fourth-order valence-electron chi connectivity index (χ4n) is 2.82. The Morgan fingerprint density at radius 1 is 0.968 bits per heavy atom. The third kappa shape index (κ3) is 5.76. The van der Waals surface area contributed by atoms with E-state index in [2.05, 4.69) is 10.0 Å². The van der Waals surface area contributed by atoms with Crippen LogP contribution in [-0.2, 0) is 14.8 Å². The van der Waals surface area contributed by atoms with Gasteiger partial charge in [0.25, 0.3) is 15.9 Å². The van der Waals surface area contributed by atoms with Gasteiger partial charge >= 0.3 is 0 Å². The number of methoxy groups -OCH3 is 1. The highest BCUT2D eigenvalue weighted by Crippen LogP contribution is 2.28. The number of para-hydroxylation sites is 1. The topological polar surface area (TPSA) is 93.7 Å². The maximum absolute atomic E-state index is 12.8. The fraction of sp³-hybridized carbons (Fsp3) is 0.174. The molecule has 0 radical (unpaired) electrons. The minimum absolute atomic E-state index is 0.0580. The number of carbonyl (C=O) groups excluding carboxylic acids is 1. The molecule has 0 saturated heterocycles. The van der Waals surface area contributed by atoms with Gasteiger partial charge in [0.05, 0.1) is 17.7 Å². The molecule has 0 aliphatic carbocycles. The van der Waals surface area contributed by atoms with Crippen molar-refractivity contribution in [3.05, 3.63) is 78.4 Å². The molecule has 3 rings (SSSR count). The largest absolute Gasteiger partial charge is 0.495 e. The van der Waals surface area contributed by atoms with E-state index < -0.39 is 16.1 Å². The van der Waals surface area contributed by atoms with Crippen LogP contribution in [0.1, 0.15) is 12.5 Å². The molecule has 0 saturated carbocycles. The normalized spacial score (nSPS) is 12.0. The van der Waals surface area contributed by atoms with Gasteiger partial charge in [0, 0.05) is 5.69 Å². The lowest BCUT2D eigenvalue weighted by atomic mass is 10.2.